The van der Waals surface area contributed by atoms with Gasteiger partial charge in [0.15, 0.2) is 0 Å². The molecule has 0 bridgehead atoms. The summed E-state index contributed by atoms with van der Waals surface area (Å²) >= 11 is 0. The van der Waals surface area contributed by atoms with Gasteiger partial charge >= 0.3 is 0 Å². The van der Waals surface area contributed by atoms with Gasteiger partial charge in [-0.05, 0) is 69.4 Å². The molecule has 2 heterocycles. The van der Waals surface area contributed by atoms with Crippen molar-refractivity contribution in [2.75, 3.05) is 52.9 Å². The molecule has 0 N–H and O–H groups in total. The fourth-order valence-electron chi connectivity index (χ4n) is 3.94. The second-order valence-electron chi connectivity index (χ2n) is 7.72. The van der Waals surface area contributed by atoms with Crippen LogP contribution in [0, 0.1) is 18.7 Å². The molecule has 138 valence electrons. The van der Waals surface area contributed by atoms with Gasteiger partial charge in [0.2, 0.25) is 5.91 Å². The van der Waals surface area contributed by atoms with Crippen molar-refractivity contribution in [2.24, 2.45) is 5.92 Å². The third kappa shape index (κ3) is 5.02. The first kappa shape index (κ1) is 18.3. The van der Waals surface area contributed by atoms with Crippen molar-refractivity contribution in [1.29, 1.82) is 0 Å². The van der Waals surface area contributed by atoms with E-state index in [-0.39, 0.29) is 11.7 Å². The molecule has 1 atom stereocenters. The van der Waals surface area contributed by atoms with Gasteiger partial charge in [-0.25, -0.2) is 4.39 Å². The number of carbonyl (C=O) groups excluding carboxylic acids is 1. The van der Waals surface area contributed by atoms with Gasteiger partial charge in [0.25, 0.3) is 0 Å². The van der Waals surface area contributed by atoms with E-state index in [0.717, 1.165) is 58.5 Å². The standard InChI is InChI=1S/C20H30FN3O/c1-16-12-17(4-5-19(16)21)13-18-6-9-24(14-18)20(25)15-23-8-3-7-22(2)10-11-23/h4-5,12,18H,3,6-11,13-15H2,1-2H3. The molecule has 0 saturated carbocycles. The van der Waals surface area contributed by atoms with Crippen LogP contribution in [-0.2, 0) is 11.2 Å². The Labute approximate surface area is 150 Å². The van der Waals surface area contributed by atoms with Crippen molar-refractivity contribution >= 4 is 5.91 Å². The van der Waals surface area contributed by atoms with E-state index in [4.69, 9.17) is 0 Å². The highest BCUT2D eigenvalue weighted by Gasteiger charge is 2.27. The van der Waals surface area contributed by atoms with E-state index in [9.17, 15) is 9.18 Å². The van der Waals surface area contributed by atoms with Crippen LogP contribution in [0.1, 0.15) is 24.0 Å². The average molecular weight is 347 g/mol. The van der Waals surface area contributed by atoms with E-state index >= 15 is 0 Å². The van der Waals surface area contributed by atoms with E-state index in [1.54, 1.807) is 6.07 Å². The largest absolute Gasteiger partial charge is 0.341 e. The van der Waals surface area contributed by atoms with Crippen molar-refractivity contribution in [3.05, 3.63) is 35.1 Å². The highest BCUT2D eigenvalue weighted by Crippen LogP contribution is 2.22. The van der Waals surface area contributed by atoms with Crippen LogP contribution in [0.15, 0.2) is 18.2 Å². The van der Waals surface area contributed by atoms with Crippen LogP contribution in [0.25, 0.3) is 0 Å². The molecule has 0 aliphatic carbocycles. The van der Waals surface area contributed by atoms with Gasteiger partial charge < -0.3 is 9.80 Å². The average Bonchev–Trinajstić information content (AvgIpc) is 2.95. The number of nitrogens with zero attached hydrogens (tertiary/aromatic N) is 3. The van der Waals surface area contributed by atoms with Gasteiger partial charge in [-0.2, -0.15) is 0 Å². The summed E-state index contributed by atoms with van der Waals surface area (Å²) in [5.74, 6) is 0.612. The maximum Gasteiger partial charge on any atom is 0.236 e. The van der Waals surface area contributed by atoms with Crippen LogP contribution >= 0.6 is 0 Å². The lowest BCUT2D eigenvalue weighted by atomic mass is 9.97. The molecular weight excluding hydrogens is 317 g/mol. The number of rotatable bonds is 4. The molecule has 1 aromatic carbocycles. The zero-order chi connectivity index (χ0) is 17.8. The topological polar surface area (TPSA) is 26.8 Å². The number of hydrogen-bond donors (Lipinski definition) is 0. The van der Waals surface area contributed by atoms with Gasteiger partial charge in [-0.3, -0.25) is 9.69 Å². The second-order valence-corrected chi connectivity index (χ2v) is 7.72. The third-order valence-electron chi connectivity index (χ3n) is 5.56. The lowest BCUT2D eigenvalue weighted by Gasteiger charge is -2.23. The first-order valence-corrected chi connectivity index (χ1v) is 9.45. The predicted molar refractivity (Wildman–Crippen MR) is 98.1 cm³/mol. The van der Waals surface area contributed by atoms with E-state index in [1.165, 1.54) is 5.56 Å². The first-order valence-electron chi connectivity index (χ1n) is 9.45. The molecule has 3 rings (SSSR count). The molecule has 4 nitrogen and oxygen atoms in total. The number of carbonyl (C=O) groups is 1. The van der Waals surface area contributed by atoms with Crippen LogP contribution in [0.3, 0.4) is 0 Å². The summed E-state index contributed by atoms with van der Waals surface area (Å²) in [5, 5.41) is 0. The number of benzene rings is 1. The van der Waals surface area contributed by atoms with Gasteiger partial charge in [0.1, 0.15) is 5.82 Å². The summed E-state index contributed by atoms with van der Waals surface area (Å²) in [6, 6.07) is 5.37. The van der Waals surface area contributed by atoms with Crippen molar-refractivity contribution < 1.29 is 9.18 Å². The van der Waals surface area contributed by atoms with Crippen molar-refractivity contribution in [3.8, 4) is 0 Å². The number of likely N-dealkylation sites (N-methyl/N-ethyl adjacent to an activating group) is 1. The summed E-state index contributed by atoms with van der Waals surface area (Å²) < 4.78 is 13.4. The van der Waals surface area contributed by atoms with E-state index < -0.39 is 0 Å². The number of halogens is 1. The summed E-state index contributed by atoms with van der Waals surface area (Å²) in [5.41, 5.74) is 1.88. The Morgan fingerprint density at radius 3 is 2.84 bits per heavy atom. The molecule has 0 radical (unpaired) electrons. The SMILES string of the molecule is Cc1cc(CC2CCN(C(=O)CN3CCCN(C)CC3)C2)ccc1F. The van der Waals surface area contributed by atoms with Crippen LogP contribution in [0.5, 0.6) is 0 Å². The van der Waals surface area contributed by atoms with Gasteiger partial charge in [0.05, 0.1) is 6.54 Å². The molecule has 2 fully saturated rings. The van der Waals surface area contributed by atoms with Gasteiger partial charge in [0, 0.05) is 26.2 Å². The molecule has 2 aliphatic rings. The minimum absolute atomic E-state index is 0.143. The molecule has 1 unspecified atom stereocenters. The Morgan fingerprint density at radius 2 is 2.04 bits per heavy atom. The number of aryl methyl sites for hydroxylation is 1. The summed E-state index contributed by atoms with van der Waals surface area (Å²) in [4.78, 5) is 19.3. The quantitative estimate of drug-likeness (QED) is 0.835. The lowest BCUT2D eigenvalue weighted by molar-refractivity contribution is -0.131. The highest BCUT2D eigenvalue weighted by atomic mass is 19.1. The molecule has 0 spiro atoms. The van der Waals surface area contributed by atoms with E-state index in [1.807, 2.05) is 24.0 Å². The Balaban J connectivity index is 1.48. The van der Waals surface area contributed by atoms with Gasteiger partial charge in [-0.15, -0.1) is 0 Å². The van der Waals surface area contributed by atoms with Crippen LogP contribution in [0.2, 0.25) is 0 Å². The smallest absolute Gasteiger partial charge is 0.236 e. The van der Waals surface area contributed by atoms with E-state index in [2.05, 4.69) is 16.8 Å². The lowest BCUT2D eigenvalue weighted by Crippen LogP contribution is -2.40. The maximum absolute atomic E-state index is 13.4. The normalized spacial score (nSPS) is 23.0. The molecule has 5 heteroatoms. The van der Waals surface area contributed by atoms with Crippen molar-refractivity contribution in [2.45, 2.75) is 26.2 Å². The first-order chi connectivity index (χ1) is 12.0. The second kappa shape index (κ2) is 8.28. The molecule has 1 aromatic rings. The Hall–Kier alpha value is -1.46. The molecule has 0 aromatic heterocycles. The number of likely N-dealkylation sites (tertiary alicyclic amines) is 1. The fraction of sp³-hybridized carbons (Fsp3) is 0.650. The maximum atomic E-state index is 13.4. The summed E-state index contributed by atoms with van der Waals surface area (Å²) in [7, 11) is 2.15. The molecule has 25 heavy (non-hydrogen) atoms. The molecule has 2 aliphatic heterocycles. The monoisotopic (exact) mass is 347 g/mol. The Morgan fingerprint density at radius 1 is 1.20 bits per heavy atom. The Kier molecular flexibility index (Phi) is 6.07. The summed E-state index contributed by atoms with van der Waals surface area (Å²) in [6.07, 6.45) is 3.11. The van der Waals surface area contributed by atoms with Crippen molar-refractivity contribution in [1.82, 2.24) is 14.7 Å². The van der Waals surface area contributed by atoms with Crippen LogP contribution < -0.4 is 0 Å². The number of amides is 1. The van der Waals surface area contributed by atoms with E-state index in [0.29, 0.717) is 18.0 Å². The molecule has 2 saturated heterocycles. The fourth-order valence-corrected chi connectivity index (χ4v) is 3.94. The summed E-state index contributed by atoms with van der Waals surface area (Å²) in [6.45, 7) is 8.21. The van der Waals surface area contributed by atoms with Gasteiger partial charge in [-0.1, -0.05) is 12.1 Å². The highest BCUT2D eigenvalue weighted by molar-refractivity contribution is 5.78. The minimum Gasteiger partial charge on any atom is -0.341 e. The zero-order valence-corrected chi connectivity index (χ0v) is 15.5. The van der Waals surface area contributed by atoms with Crippen LogP contribution in [-0.4, -0.2) is 73.5 Å². The predicted octanol–water partition coefficient (Wildman–Crippen LogP) is 2.16. The Bertz CT molecular complexity index is 607. The minimum atomic E-state index is -0.143. The zero-order valence-electron chi connectivity index (χ0n) is 15.5. The molecular formula is C20H30FN3O. The molecule has 1 amide bonds. The third-order valence-corrected chi connectivity index (χ3v) is 5.56. The number of hydrogen-bond acceptors (Lipinski definition) is 3. The van der Waals surface area contributed by atoms with Crippen molar-refractivity contribution in [3.63, 3.8) is 0 Å². The van der Waals surface area contributed by atoms with Crippen LogP contribution in [0.4, 0.5) is 4.39 Å².